The maximum Gasteiger partial charge on any atom is 0.291 e. The van der Waals surface area contributed by atoms with Crippen LogP contribution in [0.25, 0.3) is 0 Å². The van der Waals surface area contributed by atoms with Gasteiger partial charge in [0.15, 0.2) is 12.0 Å². The predicted molar refractivity (Wildman–Crippen MR) is 116 cm³/mol. The largest absolute Gasteiger partial charge is 0.351 e. The Morgan fingerprint density at radius 2 is 1.64 bits per heavy atom. The van der Waals surface area contributed by atoms with E-state index in [9.17, 15) is 18.0 Å². The molecule has 0 atom stereocenters. The molecule has 1 aromatic heterocycles. The summed E-state index contributed by atoms with van der Waals surface area (Å²) in [5.41, 5.74) is 4.72. The molecule has 3 rings (SSSR count). The second kappa shape index (κ2) is 11.3. The third-order valence-corrected chi connectivity index (χ3v) is 6.83. The van der Waals surface area contributed by atoms with Gasteiger partial charge in [0, 0.05) is 31.9 Å². The average molecular weight is 481 g/mol. The maximum atomic E-state index is 12.6. The van der Waals surface area contributed by atoms with Crippen molar-refractivity contribution in [1.82, 2.24) is 30.2 Å². The Morgan fingerprint density at radius 1 is 1.03 bits per heavy atom. The monoisotopic (exact) mass is 480 g/mol. The van der Waals surface area contributed by atoms with Crippen LogP contribution in [0.3, 0.4) is 0 Å². The molecule has 0 radical (unpaired) electrons. The van der Waals surface area contributed by atoms with Crippen LogP contribution >= 0.6 is 0 Å². The SMILES string of the molecule is CCOC(Cn1cc(C(=O)NNC(=O)c2ccc(S(=O)(=O)N3CCCC3)cc2)nn1)OCC. The number of hydrazine groups is 1. The van der Waals surface area contributed by atoms with Crippen molar-refractivity contribution >= 4 is 21.8 Å². The van der Waals surface area contributed by atoms with Gasteiger partial charge in [-0.2, -0.15) is 4.31 Å². The zero-order valence-electron chi connectivity index (χ0n) is 18.6. The van der Waals surface area contributed by atoms with Crippen molar-refractivity contribution in [3.05, 3.63) is 41.7 Å². The van der Waals surface area contributed by atoms with Gasteiger partial charge in [0.1, 0.15) is 0 Å². The average Bonchev–Trinajstić information content (AvgIpc) is 3.51. The second-order valence-corrected chi connectivity index (χ2v) is 9.15. The van der Waals surface area contributed by atoms with Crippen LogP contribution in [0, 0.1) is 0 Å². The van der Waals surface area contributed by atoms with Gasteiger partial charge in [-0.15, -0.1) is 5.10 Å². The smallest absolute Gasteiger partial charge is 0.291 e. The number of aromatic nitrogens is 3. The number of hydrogen-bond acceptors (Lipinski definition) is 8. The molecule has 0 unspecified atom stereocenters. The van der Waals surface area contributed by atoms with Crippen LogP contribution < -0.4 is 10.9 Å². The molecule has 1 saturated heterocycles. The molecule has 1 aliphatic heterocycles. The summed E-state index contributed by atoms with van der Waals surface area (Å²) in [6.07, 6.45) is 2.57. The quantitative estimate of drug-likeness (QED) is 0.370. The first-order valence-corrected chi connectivity index (χ1v) is 12.1. The Labute approximate surface area is 192 Å². The normalized spacial score (nSPS) is 14.5. The number of nitrogens with one attached hydrogen (secondary N) is 2. The van der Waals surface area contributed by atoms with Gasteiger partial charge >= 0.3 is 0 Å². The molecule has 2 amide bonds. The number of carbonyl (C=O) groups excluding carboxylic acids is 2. The molecule has 1 fully saturated rings. The number of nitrogens with zero attached hydrogens (tertiary/aromatic N) is 4. The Kier molecular flexibility index (Phi) is 8.49. The third-order valence-electron chi connectivity index (χ3n) is 4.92. The van der Waals surface area contributed by atoms with Gasteiger partial charge in [-0.05, 0) is 51.0 Å². The van der Waals surface area contributed by atoms with Gasteiger partial charge in [0.05, 0.1) is 17.6 Å². The molecule has 12 nitrogen and oxygen atoms in total. The van der Waals surface area contributed by atoms with E-state index >= 15 is 0 Å². The van der Waals surface area contributed by atoms with Crippen LogP contribution in [0.2, 0.25) is 0 Å². The zero-order chi connectivity index (χ0) is 23.8. The summed E-state index contributed by atoms with van der Waals surface area (Å²) < 4.78 is 38.8. The Morgan fingerprint density at radius 3 is 2.24 bits per heavy atom. The van der Waals surface area contributed by atoms with E-state index in [1.54, 1.807) is 0 Å². The highest BCUT2D eigenvalue weighted by Gasteiger charge is 2.27. The fraction of sp³-hybridized carbons (Fsp3) is 0.500. The molecule has 180 valence electrons. The van der Waals surface area contributed by atoms with Crippen molar-refractivity contribution in [3.63, 3.8) is 0 Å². The van der Waals surface area contributed by atoms with E-state index in [1.165, 1.54) is 39.4 Å². The molecule has 0 saturated carbocycles. The van der Waals surface area contributed by atoms with E-state index in [0.717, 1.165) is 12.8 Å². The number of benzene rings is 1. The maximum absolute atomic E-state index is 12.6. The number of rotatable bonds is 10. The number of sulfonamides is 1. The van der Waals surface area contributed by atoms with Gasteiger partial charge in [-0.25, -0.2) is 13.1 Å². The molecule has 13 heteroatoms. The first-order chi connectivity index (χ1) is 15.8. The van der Waals surface area contributed by atoms with Crippen molar-refractivity contribution in [2.75, 3.05) is 26.3 Å². The van der Waals surface area contributed by atoms with Crippen LogP contribution in [-0.4, -0.2) is 72.1 Å². The lowest BCUT2D eigenvalue weighted by Gasteiger charge is -2.16. The molecule has 2 heterocycles. The number of ether oxygens (including phenoxy) is 2. The lowest BCUT2D eigenvalue weighted by atomic mass is 10.2. The van der Waals surface area contributed by atoms with Crippen LogP contribution in [0.15, 0.2) is 35.4 Å². The lowest BCUT2D eigenvalue weighted by Crippen LogP contribution is -2.41. The van der Waals surface area contributed by atoms with Crippen molar-refractivity contribution in [1.29, 1.82) is 0 Å². The Balaban J connectivity index is 1.54. The number of carbonyl (C=O) groups is 2. The van der Waals surface area contributed by atoms with Crippen molar-refractivity contribution in [2.24, 2.45) is 0 Å². The minimum Gasteiger partial charge on any atom is -0.351 e. The zero-order valence-corrected chi connectivity index (χ0v) is 19.4. The van der Waals surface area contributed by atoms with Gasteiger partial charge in [0.2, 0.25) is 10.0 Å². The molecule has 0 spiro atoms. The van der Waals surface area contributed by atoms with Crippen molar-refractivity contribution < 1.29 is 27.5 Å². The number of hydrogen-bond donors (Lipinski definition) is 2. The summed E-state index contributed by atoms with van der Waals surface area (Å²) >= 11 is 0. The van der Waals surface area contributed by atoms with E-state index in [1.807, 2.05) is 13.8 Å². The fourth-order valence-corrected chi connectivity index (χ4v) is 4.79. The van der Waals surface area contributed by atoms with E-state index < -0.39 is 28.1 Å². The highest BCUT2D eigenvalue weighted by atomic mass is 32.2. The highest BCUT2D eigenvalue weighted by Crippen LogP contribution is 2.21. The van der Waals surface area contributed by atoms with Crippen LogP contribution in [0.5, 0.6) is 0 Å². The van der Waals surface area contributed by atoms with Crippen LogP contribution in [-0.2, 0) is 26.0 Å². The number of amides is 2. The second-order valence-electron chi connectivity index (χ2n) is 7.21. The topological polar surface area (TPSA) is 145 Å². The molecule has 2 N–H and O–H groups in total. The van der Waals surface area contributed by atoms with Crippen molar-refractivity contribution in [2.45, 2.75) is 44.4 Å². The first-order valence-electron chi connectivity index (χ1n) is 10.7. The highest BCUT2D eigenvalue weighted by molar-refractivity contribution is 7.89. The summed E-state index contributed by atoms with van der Waals surface area (Å²) in [6.45, 7) is 5.86. The molecule has 33 heavy (non-hydrogen) atoms. The van der Waals surface area contributed by atoms with Gasteiger partial charge < -0.3 is 9.47 Å². The van der Waals surface area contributed by atoms with Crippen molar-refractivity contribution in [3.8, 4) is 0 Å². The van der Waals surface area contributed by atoms with Gasteiger partial charge in [0.25, 0.3) is 11.8 Å². The molecule has 0 bridgehead atoms. The van der Waals surface area contributed by atoms with Gasteiger partial charge in [-0.1, -0.05) is 5.21 Å². The minimum absolute atomic E-state index is 0.00546. The third kappa shape index (κ3) is 6.35. The molecule has 0 aliphatic carbocycles. The summed E-state index contributed by atoms with van der Waals surface area (Å²) in [5.74, 6) is -1.26. The summed E-state index contributed by atoms with van der Waals surface area (Å²) in [7, 11) is -3.56. The molecule has 1 aromatic carbocycles. The predicted octanol–water partition coefficient (Wildman–Crippen LogP) is 0.537. The molecular formula is C20H28N6O6S. The van der Waals surface area contributed by atoms with E-state index in [2.05, 4.69) is 21.2 Å². The molecule has 1 aliphatic rings. The van der Waals surface area contributed by atoms with E-state index in [4.69, 9.17) is 9.47 Å². The Bertz CT molecular complexity index is 1040. The summed E-state index contributed by atoms with van der Waals surface area (Å²) in [5, 5.41) is 7.65. The summed E-state index contributed by atoms with van der Waals surface area (Å²) in [4.78, 5) is 24.7. The summed E-state index contributed by atoms with van der Waals surface area (Å²) in [6, 6.07) is 5.54. The van der Waals surface area contributed by atoms with E-state index in [-0.39, 0.29) is 22.7 Å². The fourth-order valence-electron chi connectivity index (χ4n) is 3.28. The molecule has 2 aromatic rings. The van der Waals surface area contributed by atoms with Crippen LogP contribution in [0.1, 0.15) is 47.5 Å². The standard InChI is InChI=1S/C20H28N6O6S/c1-3-31-18(32-4-2)14-25-13-17(21-24-25)20(28)23-22-19(27)15-7-9-16(10-8-15)33(29,30)26-11-5-6-12-26/h7-10,13,18H,3-6,11-12,14H2,1-2H3,(H,22,27)(H,23,28). The minimum atomic E-state index is -3.56. The van der Waals surface area contributed by atoms with E-state index in [0.29, 0.717) is 26.3 Å². The molecular weight excluding hydrogens is 452 g/mol. The Hall–Kier alpha value is -2.87. The van der Waals surface area contributed by atoms with Crippen LogP contribution in [0.4, 0.5) is 0 Å². The lowest BCUT2D eigenvalue weighted by molar-refractivity contribution is -0.145. The van der Waals surface area contributed by atoms with Gasteiger partial charge in [-0.3, -0.25) is 20.4 Å². The first kappa shape index (κ1) is 24.8.